The highest BCUT2D eigenvalue weighted by molar-refractivity contribution is 6.30. The van der Waals surface area contributed by atoms with E-state index in [0.717, 1.165) is 5.69 Å². The Bertz CT molecular complexity index is 386. The number of hydrogen-bond acceptors (Lipinski definition) is 5. The minimum Gasteiger partial charge on any atom is -0.451 e. The second-order valence-corrected chi connectivity index (χ2v) is 2.99. The molecule has 0 fully saturated rings. The highest BCUT2D eigenvalue weighted by atomic mass is 35.5. The zero-order chi connectivity index (χ0) is 9.80. The maximum absolute atomic E-state index is 5.63. The van der Waals surface area contributed by atoms with Gasteiger partial charge in [0, 0.05) is 0 Å². The fraction of sp³-hybridized carbons (Fsp3) is 0.125. The Balaban J connectivity index is 1.95. The Kier molecular flexibility index (Phi) is 2.60. The van der Waals surface area contributed by atoms with Gasteiger partial charge < -0.3 is 9.73 Å². The van der Waals surface area contributed by atoms with Crippen molar-refractivity contribution < 1.29 is 4.42 Å². The lowest BCUT2D eigenvalue weighted by atomic mass is 10.5. The molecule has 0 atom stereocenters. The topological polar surface area (TPSA) is 63.8 Å². The zero-order valence-corrected chi connectivity index (χ0v) is 7.90. The van der Waals surface area contributed by atoms with E-state index in [9.17, 15) is 0 Å². The van der Waals surface area contributed by atoms with E-state index in [1.165, 1.54) is 18.8 Å². The van der Waals surface area contributed by atoms with Gasteiger partial charge in [-0.15, -0.1) is 0 Å². The van der Waals surface area contributed by atoms with Crippen molar-refractivity contribution in [2.75, 3.05) is 5.32 Å². The van der Waals surface area contributed by atoms with Crippen molar-refractivity contribution in [2.45, 2.75) is 6.54 Å². The molecular formula is C8H7ClN4O. The van der Waals surface area contributed by atoms with Gasteiger partial charge in [-0.25, -0.2) is 15.0 Å². The van der Waals surface area contributed by atoms with E-state index in [4.69, 9.17) is 16.0 Å². The average molecular weight is 211 g/mol. The van der Waals surface area contributed by atoms with Crippen molar-refractivity contribution >= 4 is 17.5 Å². The molecule has 0 saturated carbocycles. The molecule has 2 aromatic rings. The first-order valence-electron chi connectivity index (χ1n) is 3.93. The first-order chi connectivity index (χ1) is 6.84. The monoisotopic (exact) mass is 210 g/mol. The molecule has 0 aromatic carbocycles. The lowest BCUT2D eigenvalue weighted by molar-refractivity contribution is 0.556. The molecule has 0 amide bonds. The maximum Gasteiger partial charge on any atom is 0.223 e. The molecule has 2 heterocycles. The predicted molar refractivity (Wildman–Crippen MR) is 50.9 cm³/mol. The van der Waals surface area contributed by atoms with E-state index in [1.54, 1.807) is 6.26 Å². The van der Waals surface area contributed by atoms with E-state index < -0.39 is 0 Å². The summed E-state index contributed by atoms with van der Waals surface area (Å²) in [5.74, 6) is 0.511. The van der Waals surface area contributed by atoms with Crippen LogP contribution >= 0.6 is 11.6 Å². The highest BCUT2D eigenvalue weighted by Crippen LogP contribution is 2.06. The number of nitrogens with zero attached hydrogens (tertiary/aromatic N) is 3. The molecule has 2 aromatic heterocycles. The molecule has 0 saturated heterocycles. The van der Waals surface area contributed by atoms with Gasteiger partial charge in [-0.05, 0) is 0 Å². The zero-order valence-electron chi connectivity index (χ0n) is 7.14. The molecule has 0 aliphatic heterocycles. The van der Waals surface area contributed by atoms with E-state index in [0.29, 0.717) is 17.5 Å². The van der Waals surface area contributed by atoms with E-state index in [2.05, 4.69) is 20.3 Å². The van der Waals surface area contributed by atoms with Crippen LogP contribution in [0.4, 0.5) is 5.95 Å². The van der Waals surface area contributed by atoms with Crippen LogP contribution in [0.25, 0.3) is 0 Å². The molecule has 0 aliphatic rings. The van der Waals surface area contributed by atoms with Crippen LogP contribution in [-0.2, 0) is 6.54 Å². The minimum atomic E-state index is 0.511. The number of aromatic nitrogens is 3. The quantitative estimate of drug-likeness (QED) is 0.836. The lowest BCUT2D eigenvalue weighted by Crippen LogP contribution is -2.02. The third-order valence-corrected chi connectivity index (χ3v) is 1.73. The molecule has 0 unspecified atom stereocenters. The molecule has 2 rings (SSSR count). The van der Waals surface area contributed by atoms with Gasteiger partial charge in [-0.1, -0.05) is 11.6 Å². The van der Waals surface area contributed by atoms with E-state index in [-0.39, 0.29) is 0 Å². The average Bonchev–Trinajstić information content (AvgIpc) is 2.70. The van der Waals surface area contributed by atoms with Gasteiger partial charge in [-0.3, -0.25) is 0 Å². The summed E-state index contributed by atoms with van der Waals surface area (Å²) in [6.07, 6.45) is 5.99. The Morgan fingerprint density at radius 3 is 2.71 bits per heavy atom. The molecule has 14 heavy (non-hydrogen) atoms. The van der Waals surface area contributed by atoms with E-state index >= 15 is 0 Å². The predicted octanol–water partition coefficient (Wildman–Crippen LogP) is 1.73. The minimum absolute atomic E-state index is 0.511. The second kappa shape index (κ2) is 4.06. The summed E-state index contributed by atoms with van der Waals surface area (Å²) in [7, 11) is 0. The van der Waals surface area contributed by atoms with Gasteiger partial charge in [0.15, 0.2) is 6.39 Å². The summed E-state index contributed by atoms with van der Waals surface area (Å²) in [5, 5.41) is 3.48. The van der Waals surface area contributed by atoms with Gasteiger partial charge in [0.2, 0.25) is 5.95 Å². The number of rotatable bonds is 3. The Morgan fingerprint density at radius 2 is 2.07 bits per heavy atom. The van der Waals surface area contributed by atoms with Gasteiger partial charge in [-0.2, -0.15) is 0 Å². The van der Waals surface area contributed by atoms with Crippen molar-refractivity contribution in [3.8, 4) is 0 Å². The third-order valence-electron chi connectivity index (χ3n) is 1.53. The molecule has 6 heteroatoms. The Hall–Kier alpha value is -1.62. The second-order valence-electron chi connectivity index (χ2n) is 2.56. The molecule has 0 bridgehead atoms. The summed E-state index contributed by atoms with van der Waals surface area (Å²) < 4.78 is 4.81. The van der Waals surface area contributed by atoms with Crippen molar-refractivity contribution in [1.82, 2.24) is 15.0 Å². The molecule has 1 N–H and O–H groups in total. The summed E-state index contributed by atoms with van der Waals surface area (Å²) in [5.41, 5.74) is 0.795. The number of halogens is 1. The van der Waals surface area contributed by atoms with Crippen LogP contribution in [0, 0.1) is 0 Å². The fourth-order valence-corrected chi connectivity index (χ4v) is 0.996. The number of anilines is 1. The van der Waals surface area contributed by atoms with Crippen molar-refractivity contribution in [2.24, 2.45) is 0 Å². The molecular weight excluding hydrogens is 204 g/mol. The highest BCUT2D eigenvalue weighted by Gasteiger charge is 1.98. The van der Waals surface area contributed by atoms with Crippen LogP contribution < -0.4 is 5.32 Å². The van der Waals surface area contributed by atoms with Gasteiger partial charge in [0.25, 0.3) is 0 Å². The van der Waals surface area contributed by atoms with Gasteiger partial charge in [0.05, 0.1) is 29.7 Å². The Morgan fingerprint density at radius 1 is 1.29 bits per heavy atom. The molecule has 0 aliphatic carbocycles. The standard InChI is InChI=1S/C8H7ClN4O/c9-6-1-10-8(11-2-6)12-3-7-4-14-5-13-7/h1-2,4-5H,3H2,(H,10,11,12). The third kappa shape index (κ3) is 2.20. The lowest BCUT2D eigenvalue weighted by Gasteiger charge is -2.00. The van der Waals surface area contributed by atoms with Gasteiger partial charge >= 0.3 is 0 Å². The van der Waals surface area contributed by atoms with Gasteiger partial charge in [0.1, 0.15) is 6.26 Å². The van der Waals surface area contributed by atoms with Crippen molar-refractivity contribution in [3.63, 3.8) is 0 Å². The SMILES string of the molecule is Clc1cnc(NCc2cocn2)nc1. The molecule has 0 radical (unpaired) electrons. The number of nitrogens with one attached hydrogen (secondary N) is 1. The van der Waals surface area contributed by atoms with Crippen LogP contribution in [0.5, 0.6) is 0 Å². The van der Waals surface area contributed by atoms with Crippen LogP contribution in [0.3, 0.4) is 0 Å². The molecule has 72 valence electrons. The van der Waals surface area contributed by atoms with E-state index in [1.807, 2.05) is 0 Å². The first kappa shape index (κ1) is 8.96. The number of hydrogen-bond donors (Lipinski definition) is 1. The normalized spacial score (nSPS) is 10.1. The smallest absolute Gasteiger partial charge is 0.223 e. The molecule has 0 spiro atoms. The van der Waals surface area contributed by atoms with Crippen LogP contribution in [-0.4, -0.2) is 15.0 Å². The summed E-state index contributed by atoms with van der Waals surface area (Å²) in [6.45, 7) is 0.526. The maximum atomic E-state index is 5.63. The summed E-state index contributed by atoms with van der Waals surface area (Å²) >= 11 is 5.63. The first-order valence-corrected chi connectivity index (χ1v) is 4.31. The largest absolute Gasteiger partial charge is 0.451 e. The van der Waals surface area contributed by atoms with Crippen LogP contribution in [0.15, 0.2) is 29.5 Å². The van der Waals surface area contributed by atoms with Crippen molar-refractivity contribution in [3.05, 3.63) is 35.8 Å². The van der Waals surface area contributed by atoms with Crippen molar-refractivity contribution in [1.29, 1.82) is 0 Å². The summed E-state index contributed by atoms with van der Waals surface area (Å²) in [6, 6.07) is 0. The van der Waals surface area contributed by atoms with Crippen LogP contribution in [0.1, 0.15) is 5.69 Å². The Labute approximate surface area is 85.2 Å². The fourth-order valence-electron chi connectivity index (χ4n) is 0.898. The number of oxazole rings is 1. The van der Waals surface area contributed by atoms with Crippen LogP contribution in [0.2, 0.25) is 5.02 Å². The molecule has 5 nitrogen and oxygen atoms in total. The summed E-state index contributed by atoms with van der Waals surface area (Å²) in [4.78, 5) is 11.9.